The highest BCUT2D eigenvalue weighted by molar-refractivity contribution is 5.78. The van der Waals surface area contributed by atoms with Crippen LogP contribution >= 0.6 is 0 Å². The summed E-state index contributed by atoms with van der Waals surface area (Å²) >= 11 is 0. The van der Waals surface area contributed by atoms with Gasteiger partial charge in [0, 0.05) is 12.0 Å². The predicted molar refractivity (Wildman–Crippen MR) is 50.8 cm³/mol. The van der Waals surface area contributed by atoms with Crippen LogP contribution in [-0.2, 0) is 4.79 Å². The third-order valence-electron chi connectivity index (χ3n) is 2.23. The molecule has 0 aliphatic heterocycles. The molecular formula is C11H10F2O2. The fourth-order valence-electron chi connectivity index (χ4n) is 1.38. The molecule has 80 valence electrons. The van der Waals surface area contributed by atoms with Gasteiger partial charge < -0.3 is 4.79 Å². The van der Waals surface area contributed by atoms with Gasteiger partial charge in [-0.2, -0.15) is 0 Å². The van der Waals surface area contributed by atoms with Crippen molar-refractivity contribution in [1.29, 1.82) is 0 Å². The van der Waals surface area contributed by atoms with E-state index in [0.717, 1.165) is 12.1 Å². The van der Waals surface area contributed by atoms with Crippen LogP contribution in [0.15, 0.2) is 12.1 Å². The van der Waals surface area contributed by atoms with Crippen LogP contribution in [0.25, 0.3) is 0 Å². The third kappa shape index (κ3) is 2.46. The van der Waals surface area contributed by atoms with Crippen LogP contribution in [0.1, 0.15) is 35.2 Å². The largest absolute Gasteiger partial charge is 0.303 e. The average Bonchev–Trinajstić information content (AvgIpc) is 2.21. The summed E-state index contributed by atoms with van der Waals surface area (Å²) in [5, 5.41) is 0. The number of carbonyl (C=O) groups is 2. The van der Waals surface area contributed by atoms with Gasteiger partial charge in [-0.25, -0.2) is 8.78 Å². The molecule has 2 nitrogen and oxygen atoms in total. The average molecular weight is 212 g/mol. The first-order valence-electron chi connectivity index (χ1n) is 4.48. The first kappa shape index (κ1) is 11.5. The van der Waals surface area contributed by atoms with Crippen molar-refractivity contribution in [2.75, 3.05) is 0 Å². The van der Waals surface area contributed by atoms with Crippen molar-refractivity contribution in [2.24, 2.45) is 0 Å². The quantitative estimate of drug-likeness (QED) is 0.718. The monoisotopic (exact) mass is 212 g/mol. The molecule has 0 aliphatic carbocycles. The minimum atomic E-state index is -1.06. The minimum Gasteiger partial charge on any atom is -0.303 e. The smallest absolute Gasteiger partial charge is 0.159 e. The molecule has 1 unspecified atom stereocenters. The van der Waals surface area contributed by atoms with Gasteiger partial charge in [0.2, 0.25) is 0 Å². The molecule has 0 spiro atoms. The Labute approximate surface area is 85.9 Å². The van der Waals surface area contributed by atoms with E-state index in [1.54, 1.807) is 6.92 Å². The summed E-state index contributed by atoms with van der Waals surface area (Å²) in [6.07, 6.45) is 1.31. The van der Waals surface area contributed by atoms with E-state index in [4.69, 9.17) is 0 Å². The number of hydrogen-bond acceptors (Lipinski definition) is 2. The zero-order valence-corrected chi connectivity index (χ0v) is 8.17. The maximum absolute atomic E-state index is 12.9. The molecule has 0 bridgehead atoms. The van der Waals surface area contributed by atoms with Gasteiger partial charge in [-0.15, -0.1) is 0 Å². The Bertz CT molecular complexity index is 388. The van der Waals surface area contributed by atoms with Crippen molar-refractivity contribution >= 4 is 12.6 Å². The maximum atomic E-state index is 12.9. The van der Waals surface area contributed by atoms with Crippen LogP contribution in [0, 0.1) is 11.6 Å². The molecule has 1 aromatic rings. The second kappa shape index (κ2) is 4.77. The number of hydrogen-bond donors (Lipinski definition) is 0. The SMILES string of the molecule is CC(CC=O)c1cc(F)c(F)cc1C=O. The molecule has 0 aliphatic rings. The maximum Gasteiger partial charge on any atom is 0.159 e. The van der Waals surface area contributed by atoms with Gasteiger partial charge in [-0.05, 0) is 23.6 Å². The summed E-state index contributed by atoms with van der Waals surface area (Å²) in [7, 11) is 0. The lowest BCUT2D eigenvalue weighted by atomic mass is 9.94. The van der Waals surface area contributed by atoms with Crippen LogP contribution in [-0.4, -0.2) is 12.6 Å². The zero-order chi connectivity index (χ0) is 11.4. The van der Waals surface area contributed by atoms with Crippen molar-refractivity contribution in [3.63, 3.8) is 0 Å². The molecule has 0 saturated carbocycles. The van der Waals surface area contributed by atoms with Crippen molar-refractivity contribution in [2.45, 2.75) is 19.3 Å². The van der Waals surface area contributed by atoms with Crippen molar-refractivity contribution in [3.05, 3.63) is 34.9 Å². The van der Waals surface area contributed by atoms with Crippen molar-refractivity contribution in [1.82, 2.24) is 0 Å². The fourth-order valence-corrected chi connectivity index (χ4v) is 1.38. The van der Waals surface area contributed by atoms with E-state index >= 15 is 0 Å². The Morgan fingerprint density at radius 1 is 1.27 bits per heavy atom. The third-order valence-corrected chi connectivity index (χ3v) is 2.23. The van der Waals surface area contributed by atoms with Crippen LogP contribution in [0.5, 0.6) is 0 Å². The Balaban J connectivity index is 3.20. The Kier molecular flexibility index (Phi) is 3.66. The Hall–Kier alpha value is -1.58. The van der Waals surface area contributed by atoms with E-state index in [1.165, 1.54) is 0 Å². The predicted octanol–water partition coefficient (Wildman–Crippen LogP) is 2.47. The molecule has 0 N–H and O–H groups in total. The van der Waals surface area contributed by atoms with E-state index in [9.17, 15) is 18.4 Å². The lowest BCUT2D eigenvalue weighted by Gasteiger charge is -2.11. The van der Waals surface area contributed by atoms with E-state index in [0.29, 0.717) is 18.1 Å². The zero-order valence-electron chi connectivity index (χ0n) is 8.17. The van der Waals surface area contributed by atoms with Gasteiger partial charge >= 0.3 is 0 Å². The van der Waals surface area contributed by atoms with E-state index < -0.39 is 11.6 Å². The second-order valence-corrected chi connectivity index (χ2v) is 3.32. The Morgan fingerprint density at radius 3 is 2.40 bits per heavy atom. The van der Waals surface area contributed by atoms with Gasteiger partial charge in [-0.3, -0.25) is 4.79 Å². The molecule has 0 fully saturated rings. The first-order valence-corrected chi connectivity index (χ1v) is 4.48. The molecule has 0 radical (unpaired) electrons. The number of carbonyl (C=O) groups excluding carboxylic acids is 2. The molecule has 0 aromatic heterocycles. The number of rotatable bonds is 4. The van der Waals surface area contributed by atoms with E-state index in [1.807, 2.05) is 0 Å². The van der Waals surface area contributed by atoms with Gasteiger partial charge in [0.25, 0.3) is 0 Å². The molecule has 15 heavy (non-hydrogen) atoms. The first-order chi connectivity index (χ1) is 7.10. The molecule has 1 rings (SSSR count). The van der Waals surface area contributed by atoms with Crippen LogP contribution in [0.3, 0.4) is 0 Å². The summed E-state index contributed by atoms with van der Waals surface area (Å²) in [6.45, 7) is 1.67. The van der Waals surface area contributed by atoms with Crippen LogP contribution in [0.4, 0.5) is 8.78 Å². The van der Waals surface area contributed by atoms with Crippen LogP contribution in [0.2, 0.25) is 0 Å². The fraction of sp³-hybridized carbons (Fsp3) is 0.273. The minimum absolute atomic E-state index is 0.0863. The standard InChI is InChI=1S/C11H10F2O2/c1-7(2-3-14)9-5-11(13)10(12)4-8(9)6-15/h3-7H,2H2,1H3. The number of aldehydes is 2. The summed E-state index contributed by atoms with van der Waals surface area (Å²) < 4.78 is 25.7. The van der Waals surface area contributed by atoms with Crippen LogP contribution < -0.4 is 0 Å². The van der Waals surface area contributed by atoms with Crippen molar-refractivity contribution < 1.29 is 18.4 Å². The second-order valence-electron chi connectivity index (χ2n) is 3.32. The summed E-state index contributed by atoms with van der Waals surface area (Å²) in [4.78, 5) is 20.9. The molecule has 0 saturated heterocycles. The lowest BCUT2D eigenvalue weighted by Crippen LogP contribution is -2.02. The number of benzene rings is 1. The molecule has 1 atom stereocenters. The molecule has 4 heteroatoms. The van der Waals surface area contributed by atoms with Gasteiger partial charge in [-0.1, -0.05) is 6.92 Å². The summed E-state index contributed by atoms with van der Waals surface area (Å²) in [6, 6.07) is 1.81. The van der Waals surface area contributed by atoms with Crippen molar-refractivity contribution in [3.8, 4) is 0 Å². The molecule has 0 heterocycles. The topological polar surface area (TPSA) is 34.1 Å². The summed E-state index contributed by atoms with van der Waals surface area (Å²) in [5.74, 6) is -2.36. The highest BCUT2D eigenvalue weighted by atomic mass is 19.2. The Morgan fingerprint density at radius 2 is 1.87 bits per heavy atom. The lowest BCUT2D eigenvalue weighted by molar-refractivity contribution is -0.108. The van der Waals surface area contributed by atoms with Gasteiger partial charge in [0.05, 0.1) is 0 Å². The highest BCUT2D eigenvalue weighted by Crippen LogP contribution is 2.23. The molecule has 1 aromatic carbocycles. The van der Waals surface area contributed by atoms with Gasteiger partial charge in [0.1, 0.15) is 12.6 Å². The highest BCUT2D eigenvalue weighted by Gasteiger charge is 2.14. The molecule has 0 amide bonds. The normalized spacial score (nSPS) is 12.2. The van der Waals surface area contributed by atoms with E-state index in [2.05, 4.69) is 0 Å². The number of halogens is 2. The summed E-state index contributed by atoms with van der Waals surface area (Å²) in [5.41, 5.74) is 0.444. The van der Waals surface area contributed by atoms with E-state index in [-0.39, 0.29) is 17.9 Å². The van der Waals surface area contributed by atoms with Gasteiger partial charge in [0.15, 0.2) is 11.6 Å². The molecular weight excluding hydrogens is 202 g/mol.